The fraction of sp³-hybridized carbons (Fsp3) is 0.568. The Labute approximate surface area is 258 Å². The number of aryl methyl sites for hydroxylation is 2. The van der Waals surface area contributed by atoms with Crippen molar-refractivity contribution >= 4 is 11.9 Å². The van der Waals surface area contributed by atoms with Crippen LogP contribution in [0.2, 0.25) is 0 Å². The van der Waals surface area contributed by atoms with E-state index in [0.29, 0.717) is 17.6 Å². The monoisotopic (exact) mass is 588 g/mol. The summed E-state index contributed by atoms with van der Waals surface area (Å²) in [6.45, 7) is 30.0. The van der Waals surface area contributed by atoms with Gasteiger partial charge in [0.1, 0.15) is 19.0 Å². The molecule has 0 saturated heterocycles. The van der Waals surface area contributed by atoms with Crippen molar-refractivity contribution in [2.24, 2.45) is 16.2 Å². The molecule has 0 aromatic heterocycles. The Morgan fingerprint density at radius 1 is 0.667 bits per heavy atom. The second kappa shape index (κ2) is 22.6. The minimum atomic E-state index is -0.550. The predicted molar refractivity (Wildman–Crippen MR) is 178 cm³/mol. The highest BCUT2D eigenvalue weighted by atomic mass is 19.1. The lowest BCUT2D eigenvalue weighted by Gasteiger charge is -2.16. The summed E-state index contributed by atoms with van der Waals surface area (Å²) in [5, 5.41) is 0. The lowest BCUT2D eigenvalue weighted by molar-refractivity contribution is -0.154. The van der Waals surface area contributed by atoms with E-state index < -0.39 is 10.8 Å². The first-order valence-electron chi connectivity index (χ1n) is 15.1. The minimum absolute atomic E-state index is 0.0111. The topological polar surface area (TPSA) is 52.6 Å². The second-order valence-corrected chi connectivity index (χ2v) is 12.6. The molecule has 2 rings (SSSR count). The second-order valence-electron chi connectivity index (χ2n) is 12.6. The Kier molecular flexibility index (Phi) is 23.4. The van der Waals surface area contributed by atoms with Crippen LogP contribution in [0.1, 0.15) is 113 Å². The third-order valence-corrected chi connectivity index (χ3v) is 5.17. The van der Waals surface area contributed by atoms with E-state index in [4.69, 9.17) is 9.47 Å². The van der Waals surface area contributed by atoms with Gasteiger partial charge in [-0.2, -0.15) is 0 Å². The fourth-order valence-corrected chi connectivity index (χ4v) is 2.48. The first kappa shape index (κ1) is 43.5. The normalized spacial score (nSPS) is 10.8. The highest BCUT2D eigenvalue weighted by Crippen LogP contribution is 2.19. The quantitative estimate of drug-likeness (QED) is 0.257. The van der Waals surface area contributed by atoms with Gasteiger partial charge in [-0.05, 0) is 84.4 Å². The minimum Gasteiger partial charge on any atom is -0.461 e. The van der Waals surface area contributed by atoms with Gasteiger partial charge in [0.05, 0.1) is 10.8 Å². The number of rotatable bonds is 5. The Balaban J connectivity index is -0.000000530. The zero-order chi connectivity index (χ0) is 33.6. The van der Waals surface area contributed by atoms with Gasteiger partial charge >= 0.3 is 11.9 Å². The van der Waals surface area contributed by atoms with Crippen molar-refractivity contribution < 1.29 is 23.5 Å². The standard InChI is InChI=1S/C13H24O2.C12H15FO2.C8H10.2C2H6/c1-12(2,3)9-7-8-10-15-11(14)13(4,5)6;1-12(2,3)11(14)15-8-9-6-4-5-7-10(9)13;1-7-5-3-4-6-8(7)2;2*1-2/h7-8H,9-10H2,1-6H3;4-7H,8H2,1-3H3;3-6H,1-2H3;2*1-2H3/b8-7-;;;;. The van der Waals surface area contributed by atoms with E-state index in [9.17, 15) is 14.0 Å². The van der Waals surface area contributed by atoms with Gasteiger partial charge in [-0.1, -0.05) is 103 Å². The van der Waals surface area contributed by atoms with E-state index in [1.807, 2.05) is 54.5 Å². The Bertz CT molecular complexity index is 998. The summed E-state index contributed by atoms with van der Waals surface area (Å²) in [6, 6.07) is 14.6. The molecule has 0 aliphatic rings. The highest BCUT2D eigenvalue weighted by Gasteiger charge is 2.23. The smallest absolute Gasteiger partial charge is 0.311 e. The molecular formula is C37H61FO4. The van der Waals surface area contributed by atoms with Crippen LogP contribution in [0.5, 0.6) is 0 Å². The molecule has 0 amide bonds. The van der Waals surface area contributed by atoms with E-state index in [0.717, 1.165) is 6.42 Å². The maximum atomic E-state index is 13.1. The molecule has 0 heterocycles. The number of hydrogen-bond acceptors (Lipinski definition) is 4. The highest BCUT2D eigenvalue weighted by molar-refractivity contribution is 5.75. The lowest BCUT2D eigenvalue weighted by Crippen LogP contribution is -2.22. The van der Waals surface area contributed by atoms with Crippen LogP contribution in [0.25, 0.3) is 0 Å². The molecule has 0 spiro atoms. The summed E-state index contributed by atoms with van der Waals surface area (Å²) in [5.74, 6) is -0.826. The van der Waals surface area contributed by atoms with Crippen LogP contribution in [0.3, 0.4) is 0 Å². The number of allylic oxidation sites excluding steroid dienone is 1. The summed E-state index contributed by atoms with van der Waals surface area (Å²) >= 11 is 0. The number of carbonyl (C=O) groups is 2. The summed E-state index contributed by atoms with van der Waals surface area (Å²) in [4.78, 5) is 22.8. The van der Waals surface area contributed by atoms with Crippen LogP contribution in [0, 0.1) is 35.9 Å². The largest absolute Gasteiger partial charge is 0.461 e. The van der Waals surface area contributed by atoms with Crippen LogP contribution >= 0.6 is 0 Å². The zero-order valence-electron chi connectivity index (χ0n) is 29.4. The molecule has 0 aliphatic heterocycles. The maximum Gasteiger partial charge on any atom is 0.311 e. The molecule has 5 heteroatoms. The lowest BCUT2D eigenvalue weighted by atomic mass is 9.92. The van der Waals surface area contributed by atoms with Gasteiger partial charge < -0.3 is 9.47 Å². The van der Waals surface area contributed by atoms with Crippen molar-refractivity contribution in [3.05, 3.63) is 83.2 Å². The van der Waals surface area contributed by atoms with Gasteiger partial charge in [-0.15, -0.1) is 0 Å². The number of carbonyl (C=O) groups excluding carboxylic acids is 2. The molecule has 4 nitrogen and oxygen atoms in total. The molecule has 0 aliphatic carbocycles. The molecule has 0 saturated carbocycles. The predicted octanol–water partition coefficient (Wildman–Crippen LogP) is 10.8. The molecule has 2 aromatic rings. The van der Waals surface area contributed by atoms with E-state index in [1.54, 1.807) is 39.0 Å². The SMILES string of the molecule is CC.CC.CC(C)(C)C(=O)OCc1ccccc1F.CC(C)(C)C/C=C\COC(=O)C(C)(C)C.Cc1ccccc1C. The summed E-state index contributed by atoms with van der Waals surface area (Å²) in [7, 11) is 0. The summed E-state index contributed by atoms with van der Waals surface area (Å²) in [5.41, 5.74) is 2.48. The number of esters is 2. The molecule has 0 radical (unpaired) electrons. The van der Waals surface area contributed by atoms with E-state index >= 15 is 0 Å². The van der Waals surface area contributed by atoms with Gasteiger partial charge in [0.25, 0.3) is 0 Å². The van der Waals surface area contributed by atoms with Gasteiger partial charge in [-0.3, -0.25) is 9.59 Å². The van der Waals surface area contributed by atoms with Crippen molar-refractivity contribution in [2.45, 2.75) is 117 Å². The molecule has 2 aromatic carbocycles. The van der Waals surface area contributed by atoms with Gasteiger partial charge in [0.2, 0.25) is 0 Å². The molecule has 0 bridgehead atoms. The average Bonchev–Trinajstić information content (AvgIpc) is 2.91. The third kappa shape index (κ3) is 23.7. The number of hydrogen-bond donors (Lipinski definition) is 0. The molecule has 42 heavy (non-hydrogen) atoms. The van der Waals surface area contributed by atoms with Crippen LogP contribution in [0.15, 0.2) is 60.7 Å². The number of benzene rings is 2. The van der Waals surface area contributed by atoms with Crippen molar-refractivity contribution in [3.8, 4) is 0 Å². The van der Waals surface area contributed by atoms with Crippen LogP contribution < -0.4 is 0 Å². The first-order chi connectivity index (χ1) is 19.3. The van der Waals surface area contributed by atoms with Gasteiger partial charge in [0, 0.05) is 5.56 Å². The number of halogens is 1. The molecular weight excluding hydrogens is 527 g/mol. The average molecular weight is 589 g/mol. The van der Waals surface area contributed by atoms with Crippen LogP contribution in [0.4, 0.5) is 4.39 Å². The Morgan fingerprint density at radius 2 is 1.07 bits per heavy atom. The van der Waals surface area contributed by atoms with Crippen molar-refractivity contribution in [1.82, 2.24) is 0 Å². The summed E-state index contributed by atoms with van der Waals surface area (Å²) < 4.78 is 23.2. The third-order valence-electron chi connectivity index (χ3n) is 5.17. The molecule has 0 N–H and O–H groups in total. The van der Waals surface area contributed by atoms with E-state index in [1.165, 1.54) is 17.2 Å². The summed E-state index contributed by atoms with van der Waals surface area (Å²) in [6.07, 6.45) is 4.98. The molecule has 0 atom stereocenters. The van der Waals surface area contributed by atoms with Gasteiger partial charge in [-0.25, -0.2) is 4.39 Å². The van der Waals surface area contributed by atoms with E-state index in [2.05, 4.69) is 65.0 Å². The Morgan fingerprint density at radius 3 is 1.45 bits per heavy atom. The fourth-order valence-electron chi connectivity index (χ4n) is 2.48. The molecule has 0 fully saturated rings. The van der Waals surface area contributed by atoms with E-state index in [-0.39, 0.29) is 24.4 Å². The van der Waals surface area contributed by atoms with Crippen molar-refractivity contribution in [2.75, 3.05) is 6.61 Å². The van der Waals surface area contributed by atoms with Crippen LogP contribution in [-0.4, -0.2) is 18.5 Å². The van der Waals surface area contributed by atoms with Crippen molar-refractivity contribution in [1.29, 1.82) is 0 Å². The van der Waals surface area contributed by atoms with Crippen LogP contribution in [-0.2, 0) is 25.7 Å². The molecule has 240 valence electrons. The maximum absolute atomic E-state index is 13.1. The Hall–Kier alpha value is -2.95. The zero-order valence-corrected chi connectivity index (χ0v) is 29.4. The number of ether oxygens (including phenoxy) is 2. The van der Waals surface area contributed by atoms with Gasteiger partial charge in [0.15, 0.2) is 0 Å². The molecule has 0 unspecified atom stereocenters. The first-order valence-corrected chi connectivity index (χ1v) is 15.1. The van der Waals surface area contributed by atoms with Crippen molar-refractivity contribution in [3.63, 3.8) is 0 Å².